The molecule has 16 nitrogen and oxygen atoms in total. The van der Waals surface area contributed by atoms with Gasteiger partial charge in [-0.3, -0.25) is 24.8 Å². The van der Waals surface area contributed by atoms with Crippen LogP contribution in [0.4, 0.5) is 9.59 Å². The SMILES string of the molecule is CC(C)[C@H](NC(=O)N(C)CCN1CCOCC1)C(=O)NN(Cc1cccs1)C[C@H](CCc1ccccc1)NC(=O)[C@@](O)(NC(=O)N(C)CCN1CCOCC1)C(C)C. The number of hydrazine groups is 1. The zero-order chi connectivity index (χ0) is 42.1. The first-order valence-electron chi connectivity index (χ1n) is 20.5. The molecule has 1 aromatic heterocycles. The molecule has 3 heterocycles. The number of morpholine rings is 2. The number of aliphatic hydroxyl groups is 1. The molecule has 2 aliphatic rings. The highest BCUT2D eigenvalue weighted by Crippen LogP contribution is 2.18. The third-order valence-electron chi connectivity index (χ3n) is 10.7. The number of ether oxygens (including phenoxy) is 2. The number of hydrogen-bond acceptors (Lipinski definition) is 11. The second-order valence-electron chi connectivity index (χ2n) is 15.9. The first-order valence-corrected chi connectivity index (χ1v) is 21.4. The smallest absolute Gasteiger partial charge is 0.319 e. The number of benzene rings is 1. The molecule has 0 bridgehead atoms. The zero-order valence-electron chi connectivity index (χ0n) is 35.3. The second-order valence-corrected chi connectivity index (χ2v) is 16.9. The first-order chi connectivity index (χ1) is 27.7. The number of rotatable bonds is 21. The number of amides is 6. The normalized spacial score (nSPS) is 17.3. The Hall–Kier alpha value is -3.84. The van der Waals surface area contributed by atoms with Gasteiger partial charge in [0.1, 0.15) is 6.04 Å². The Kier molecular flexibility index (Phi) is 19.1. The van der Waals surface area contributed by atoms with Crippen LogP contribution in [0.2, 0.25) is 0 Å². The molecule has 324 valence electrons. The summed E-state index contributed by atoms with van der Waals surface area (Å²) < 4.78 is 10.9. The lowest BCUT2D eigenvalue weighted by molar-refractivity contribution is -0.148. The maximum atomic E-state index is 14.2. The molecule has 5 N–H and O–H groups in total. The molecule has 0 spiro atoms. The van der Waals surface area contributed by atoms with Crippen molar-refractivity contribution in [3.05, 3.63) is 58.3 Å². The Balaban J connectivity index is 1.48. The topological polar surface area (TPSA) is 171 Å². The number of carbonyl (C=O) groups is 4. The summed E-state index contributed by atoms with van der Waals surface area (Å²) in [5.41, 5.74) is 1.90. The minimum atomic E-state index is -2.22. The molecule has 17 heteroatoms. The Morgan fingerprint density at radius 1 is 0.828 bits per heavy atom. The van der Waals surface area contributed by atoms with Gasteiger partial charge in [0, 0.05) is 89.8 Å². The third kappa shape index (κ3) is 15.1. The van der Waals surface area contributed by atoms with Crippen LogP contribution in [-0.2, 0) is 32.0 Å². The minimum absolute atomic E-state index is 0.169. The van der Waals surface area contributed by atoms with Crippen molar-refractivity contribution >= 4 is 35.2 Å². The summed E-state index contributed by atoms with van der Waals surface area (Å²) in [6.45, 7) is 15.7. The molecule has 2 saturated heterocycles. The number of nitrogens with one attached hydrogen (secondary N) is 4. The lowest BCUT2D eigenvalue weighted by Gasteiger charge is -2.36. The summed E-state index contributed by atoms with van der Waals surface area (Å²) in [7, 11) is 3.36. The van der Waals surface area contributed by atoms with Crippen molar-refractivity contribution in [3.8, 4) is 0 Å². The average molecular weight is 830 g/mol. The van der Waals surface area contributed by atoms with Gasteiger partial charge in [0.15, 0.2) is 0 Å². The number of aryl methyl sites for hydroxylation is 1. The Labute approximate surface area is 348 Å². The fourth-order valence-electron chi connectivity index (χ4n) is 6.66. The van der Waals surface area contributed by atoms with Gasteiger partial charge >= 0.3 is 12.1 Å². The van der Waals surface area contributed by atoms with Crippen molar-refractivity contribution in [2.45, 2.75) is 64.9 Å². The minimum Gasteiger partial charge on any atom is -0.379 e. The molecular weight excluding hydrogens is 763 g/mol. The van der Waals surface area contributed by atoms with Crippen molar-refractivity contribution in [1.29, 1.82) is 0 Å². The number of thiophene rings is 1. The van der Waals surface area contributed by atoms with E-state index in [9.17, 15) is 24.3 Å². The van der Waals surface area contributed by atoms with E-state index in [4.69, 9.17) is 9.47 Å². The van der Waals surface area contributed by atoms with Gasteiger partial charge in [-0.15, -0.1) is 11.3 Å². The Bertz CT molecular complexity index is 1540. The van der Waals surface area contributed by atoms with E-state index in [0.717, 1.165) is 36.6 Å². The molecular formula is C41H67N9O7S. The number of hydrogen-bond donors (Lipinski definition) is 5. The van der Waals surface area contributed by atoms with E-state index in [0.29, 0.717) is 72.0 Å². The molecule has 1 aromatic carbocycles. The maximum Gasteiger partial charge on any atom is 0.319 e. The molecule has 0 radical (unpaired) electrons. The van der Waals surface area contributed by atoms with Gasteiger partial charge in [0.25, 0.3) is 11.8 Å². The van der Waals surface area contributed by atoms with Gasteiger partial charge in [0.2, 0.25) is 5.72 Å². The average Bonchev–Trinajstić information content (AvgIpc) is 3.73. The summed E-state index contributed by atoms with van der Waals surface area (Å²) >= 11 is 1.54. The van der Waals surface area contributed by atoms with Crippen LogP contribution in [0.5, 0.6) is 0 Å². The van der Waals surface area contributed by atoms with Gasteiger partial charge in [-0.05, 0) is 35.8 Å². The molecule has 3 atom stereocenters. The highest BCUT2D eigenvalue weighted by Gasteiger charge is 2.43. The van der Waals surface area contributed by atoms with E-state index >= 15 is 0 Å². The molecule has 4 rings (SSSR count). The monoisotopic (exact) mass is 829 g/mol. The molecule has 2 fully saturated rings. The van der Waals surface area contributed by atoms with Gasteiger partial charge in [-0.25, -0.2) is 14.6 Å². The van der Waals surface area contributed by atoms with Gasteiger partial charge in [0.05, 0.1) is 33.0 Å². The largest absolute Gasteiger partial charge is 0.379 e. The van der Waals surface area contributed by atoms with E-state index in [1.807, 2.05) is 61.7 Å². The van der Waals surface area contributed by atoms with Crippen LogP contribution in [0.1, 0.15) is 44.6 Å². The summed E-state index contributed by atoms with van der Waals surface area (Å²) in [5, 5.41) is 24.2. The third-order valence-corrected chi connectivity index (χ3v) is 11.6. The van der Waals surface area contributed by atoms with E-state index in [-0.39, 0.29) is 24.4 Å². The number of carbonyl (C=O) groups excluding carboxylic acids is 4. The van der Waals surface area contributed by atoms with Crippen LogP contribution in [-0.4, -0.2) is 171 Å². The number of nitrogens with zero attached hydrogens (tertiary/aromatic N) is 5. The van der Waals surface area contributed by atoms with Gasteiger partial charge in [-0.2, -0.15) is 0 Å². The Morgan fingerprint density at radius 3 is 1.95 bits per heavy atom. The Morgan fingerprint density at radius 2 is 1.41 bits per heavy atom. The van der Waals surface area contributed by atoms with Crippen molar-refractivity contribution in [1.82, 2.24) is 46.0 Å². The lowest BCUT2D eigenvalue weighted by atomic mass is 9.97. The summed E-state index contributed by atoms with van der Waals surface area (Å²) in [6.07, 6.45) is 1.07. The molecule has 0 saturated carbocycles. The highest BCUT2D eigenvalue weighted by molar-refractivity contribution is 7.09. The van der Waals surface area contributed by atoms with E-state index < -0.39 is 35.7 Å². The summed E-state index contributed by atoms with van der Waals surface area (Å²) in [4.78, 5) is 63.5. The number of likely N-dealkylation sites (N-methyl/N-ethyl adjacent to an activating group) is 2. The fourth-order valence-corrected chi connectivity index (χ4v) is 7.38. The highest BCUT2D eigenvalue weighted by atomic mass is 32.1. The predicted molar refractivity (Wildman–Crippen MR) is 225 cm³/mol. The van der Waals surface area contributed by atoms with Gasteiger partial charge < -0.3 is 40.3 Å². The van der Waals surface area contributed by atoms with Crippen molar-refractivity contribution in [3.63, 3.8) is 0 Å². The first kappa shape index (κ1) is 46.8. The quantitative estimate of drug-likeness (QED) is 0.0927. The molecule has 0 aliphatic carbocycles. The predicted octanol–water partition coefficient (Wildman–Crippen LogP) is 2.02. The van der Waals surface area contributed by atoms with Crippen LogP contribution in [0.15, 0.2) is 47.8 Å². The molecule has 58 heavy (non-hydrogen) atoms. The standard InChI is InChI=1S/C41H67N9O7S/c1-31(2)36(43-39(53)46(5)16-18-48-20-24-56-25-21-48)37(51)45-50(30-35-13-10-28-58-35)29-34(15-14-33-11-8-7-9-12-33)42-38(52)41(55,32(3)4)44-40(54)47(6)17-19-49-22-26-57-27-23-49/h7-13,28,31-32,34,36,55H,14-27,29-30H2,1-6H3,(H,42,52)(H,43,53)(H,44,54)(H,45,51)/t34-,36-,41+/m0/s1. The van der Waals surface area contributed by atoms with Crippen LogP contribution in [0.25, 0.3) is 0 Å². The second kappa shape index (κ2) is 23.7. The van der Waals surface area contributed by atoms with E-state index in [2.05, 4.69) is 31.2 Å². The number of urea groups is 2. The van der Waals surface area contributed by atoms with Crippen LogP contribution in [0, 0.1) is 11.8 Å². The van der Waals surface area contributed by atoms with Crippen LogP contribution >= 0.6 is 11.3 Å². The molecule has 6 amide bonds. The summed E-state index contributed by atoms with van der Waals surface area (Å²) in [6, 6.07) is 11.4. The zero-order valence-corrected chi connectivity index (χ0v) is 36.1. The van der Waals surface area contributed by atoms with Crippen LogP contribution in [0.3, 0.4) is 0 Å². The van der Waals surface area contributed by atoms with Crippen molar-refractivity contribution in [2.75, 3.05) is 99.4 Å². The van der Waals surface area contributed by atoms with Crippen molar-refractivity contribution < 1.29 is 33.8 Å². The van der Waals surface area contributed by atoms with Gasteiger partial charge in [-0.1, -0.05) is 64.1 Å². The molecule has 0 unspecified atom stereocenters. The van der Waals surface area contributed by atoms with E-state index in [1.54, 1.807) is 37.9 Å². The molecule has 2 aliphatic heterocycles. The van der Waals surface area contributed by atoms with Crippen LogP contribution < -0.4 is 21.4 Å². The summed E-state index contributed by atoms with van der Waals surface area (Å²) in [5.74, 6) is -2.04. The van der Waals surface area contributed by atoms with Crippen molar-refractivity contribution in [2.24, 2.45) is 11.8 Å². The fraction of sp³-hybridized carbons (Fsp3) is 0.659. The molecule has 2 aromatic rings. The maximum absolute atomic E-state index is 14.2. The lowest BCUT2D eigenvalue weighted by Crippen LogP contribution is -2.66. The van der Waals surface area contributed by atoms with E-state index in [1.165, 1.54) is 16.2 Å².